The fourth-order valence-corrected chi connectivity index (χ4v) is 1.28. The summed E-state index contributed by atoms with van der Waals surface area (Å²) in [6.45, 7) is 3.04. The number of nitro groups is 1. The predicted molar refractivity (Wildman–Crippen MR) is 57.3 cm³/mol. The number of hydrogen-bond donors (Lipinski definition) is 1. The molecule has 1 aromatic rings. The summed E-state index contributed by atoms with van der Waals surface area (Å²) < 4.78 is 5.12. The third kappa shape index (κ3) is 2.69. The van der Waals surface area contributed by atoms with E-state index in [2.05, 4.69) is 0 Å². The molecule has 16 heavy (non-hydrogen) atoms. The highest BCUT2D eigenvalue weighted by atomic mass is 16.6. The molecule has 0 atom stereocenters. The summed E-state index contributed by atoms with van der Waals surface area (Å²) in [5, 5.41) is 10.6. The first-order valence-corrected chi connectivity index (χ1v) is 4.58. The molecule has 0 aliphatic carbocycles. The van der Waals surface area contributed by atoms with Crippen molar-refractivity contribution in [2.24, 2.45) is 5.73 Å². The van der Waals surface area contributed by atoms with Gasteiger partial charge in [-0.2, -0.15) is 0 Å². The number of aryl methyl sites for hydroxylation is 2. The molecule has 86 valence electrons. The molecule has 0 saturated heterocycles. The number of nitro benzene ring substituents is 1. The van der Waals surface area contributed by atoms with Gasteiger partial charge in [0, 0.05) is 11.6 Å². The number of hydrogen-bond acceptors (Lipinski definition) is 4. The van der Waals surface area contributed by atoms with Crippen LogP contribution in [0.3, 0.4) is 0 Å². The summed E-state index contributed by atoms with van der Waals surface area (Å²) in [7, 11) is 0. The SMILES string of the molecule is Cc1cc([N+](=O)[O-])c(C)cc1OCC(N)=O. The van der Waals surface area contributed by atoms with Gasteiger partial charge in [-0.1, -0.05) is 0 Å². The van der Waals surface area contributed by atoms with Crippen LogP contribution in [-0.2, 0) is 4.79 Å². The van der Waals surface area contributed by atoms with Gasteiger partial charge in [0.25, 0.3) is 11.6 Å². The minimum Gasteiger partial charge on any atom is -0.483 e. The minimum atomic E-state index is -0.588. The number of ether oxygens (including phenoxy) is 1. The Kier molecular flexibility index (Phi) is 3.44. The van der Waals surface area contributed by atoms with E-state index in [0.29, 0.717) is 16.9 Å². The number of nitrogens with zero attached hydrogens (tertiary/aromatic N) is 1. The molecule has 0 heterocycles. The Hall–Kier alpha value is -2.11. The van der Waals surface area contributed by atoms with Crippen molar-refractivity contribution in [2.75, 3.05) is 6.61 Å². The molecule has 6 nitrogen and oxygen atoms in total. The van der Waals surface area contributed by atoms with E-state index in [1.54, 1.807) is 13.8 Å². The molecule has 0 unspecified atom stereocenters. The summed E-state index contributed by atoms with van der Waals surface area (Å²) in [6, 6.07) is 2.93. The highest BCUT2D eigenvalue weighted by Crippen LogP contribution is 2.27. The van der Waals surface area contributed by atoms with Gasteiger partial charge in [0.2, 0.25) is 0 Å². The molecule has 0 fully saturated rings. The molecule has 0 bridgehead atoms. The standard InChI is InChI=1S/C10H12N2O4/c1-6-4-9(16-5-10(11)13)7(2)3-8(6)12(14)15/h3-4H,5H2,1-2H3,(H2,11,13). The van der Waals surface area contributed by atoms with E-state index in [4.69, 9.17) is 10.5 Å². The Labute approximate surface area is 92.2 Å². The third-order valence-electron chi connectivity index (χ3n) is 2.06. The molecule has 1 amide bonds. The van der Waals surface area contributed by atoms with Crippen molar-refractivity contribution >= 4 is 11.6 Å². The zero-order chi connectivity index (χ0) is 12.3. The fraction of sp³-hybridized carbons (Fsp3) is 0.300. The zero-order valence-corrected chi connectivity index (χ0v) is 9.02. The van der Waals surface area contributed by atoms with Crippen molar-refractivity contribution in [3.8, 4) is 5.75 Å². The Balaban J connectivity index is 3.01. The fourth-order valence-electron chi connectivity index (χ4n) is 1.28. The molecule has 0 aliphatic heterocycles. The van der Waals surface area contributed by atoms with Crippen LogP contribution in [0.25, 0.3) is 0 Å². The Morgan fingerprint density at radius 2 is 2.06 bits per heavy atom. The maximum absolute atomic E-state index is 10.6. The lowest BCUT2D eigenvalue weighted by Gasteiger charge is -2.08. The predicted octanol–water partition coefficient (Wildman–Crippen LogP) is 1.08. The molecule has 0 aliphatic rings. The van der Waals surface area contributed by atoms with Gasteiger partial charge in [-0.05, 0) is 25.5 Å². The summed E-state index contributed by atoms with van der Waals surface area (Å²) in [6.07, 6.45) is 0. The van der Waals surface area contributed by atoms with Gasteiger partial charge in [0.15, 0.2) is 6.61 Å². The van der Waals surface area contributed by atoms with Crippen LogP contribution in [0.1, 0.15) is 11.1 Å². The first-order valence-electron chi connectivity index (χ1n) is 4.58. The van der Waals surface area contributed by atoms with Crippen LogP contribution in [0.5, 0.6) is 5.75 Å². The van der Waals surface area contributed by atoms with E-state index < -0.39 is 10.8 Å². The number of carbonyl (C=O) groups excluding carboxylic acids is 1. The van der Waals surface area contributed by atoms with Crippen molar-refractivity contribution < 1.29 is 14.5 Å². The third-order valence-corrected chi connectivity index (χ3v) is 2.06. The van der Waals surface area contributed by atoms with Crippen molar-refractivity contribution in [3.05, 3.63) is 33.4 Å². The van der Waals surface area contributed by atoms with Crippen LogP contribution in [-0.4, -0.2) is 17.4 Å². The monoisotopic (exact) mass is 224 g/mol. The van der Waals surface area contributed by atoms with E-state index in [1.807, 2.05) is 0 Å². The van der Waals surface area contributed by atoms with Crippen molar-refractivity contribution in [1.29, 1.82) is 0 Å². The number of primary amides is 1. The number of nitrogens with two attached hydrogens (primary N) is 1. The van der Waals surface area contributed by atoms with Gasteiger partial charge < -0.3 is 10.5 Å². The maximum Gasteiger partial charge on any atom is 0.272 e. The van der Waals surface area contributed by atoms with Gasteiger partial charge in [-0.15, -0.1) is 0 Å². The second kappa shape index (κ2) is 4.61. The van der Waals surface area contributed by atoms with Crippen molar-refractivity contribution in [1.82, 2.24) is 0 Å². The molecular weight excluding hydrogens is 212 g/mol. The van der Waals surface area contributed by atoms with Crippen LogP contribution in [0.15, 0.2) is 12.1 Å². The zero-order valence-electron chi connectivity index (χ0n) is 9.02. The average Bonchev–Trinajstić information content (AvgIpc) is 2.18. The van der Waals surface area contributed by atoms with Crippen molar-refractivity contribution in [2.45, 2.75) is 13.8 Å². The van der Waals surface area contributed by atoms with Gasteiger partial charge in [0.1, 0.15) is 5.75 Å². The molecule has 1 aromatic carbocycles. The normalized spacial score (nSPS) is 9.88. The van der Waals surface area contributed by atoms with E-state index in [-0.39, 0.29) is 12.3 Å². The molecule has 0 aromatic heterocycles. The molecule has 0 saturated carbocycles. The highest BCUT2D eigenvalue weighted by molar-refractivity contribution is 5.75. The number of carbonyl (C=O) groups is 1. The van der Waals surface area contributed by atoms with Gasteiger partial charge in [-0.25, -0.2) is 0 Å². The van der Waals surface area contributed by atoms with Gasteiger partial charge in [-0.3, -0.25) is 14.9 Å². The van der Waals surface area contributed by atoms with Crippen molar-refractivity contribution in [3.63, 3.8) is 0 Å². The second-order valence-corrected chi connectivity index (χ2v) is 3.42. The molecule has 6 heteroatoms. The summed E-state index contributed by atoms with van der Waals surface area (Å²) in [5.74, 6) is -0.155. The lowest BCUT2D eigenvalue weighted by molar-refractivity contribution is -0.385. The molecule has 1 rings (SSSR count). The summed E-state index contributed by atoms with van der Waals surface area (Å²) >= 11 is 0. The lowest BCUT2D eigenvalue weighted by Crippen LogP contribution is -2.20. The Bertz CT molecular complexity index is 443. The second-order valence-electron chi connectivity index (χ2n) is 3.42. The van der Waals surface area contributed by atoms with E-state index >= 15 is 0 Å². The van der Waals surface area contributed by atoms with E-state index in [9.17, 15) is 14.9 Å². The van der Waals surface area contributed by atoms with Crippen LogP contribution in [0.2, 0.25) is 0 Å². The first kappa shape index (κ1) is 12.0. The Morgan fingerprint density at radius 1 is 1.44 bits per heavy atom. The molecule has 0 spiro atoms. The highest BCUT2D eigenvalue weighted by Gasteiger charge is 2.14. The smallest absolute Gasteiger partial charge is 0.272 e. The molecule has 0 radical (unpaired) electrons. The summed E-state index contributed by atoms with van der Waals surface area (Å²) in [5.41, 5.74) is 6.04. The number of benzene rings is 1. The number of rotatable bonds is 4. The quantitative estimate of drug-likeness (QED) is 0.611. The molecular formula is C10H12N2O4. The van der Waals surface area contributed by atoms with Crippen LogP contribution in [0.4, 0.5) is 5.69 Å². The van der Waals surface area contributed by atoms with Gasteiger partial charge >= 0.3 is 0 Å². The van der Waals surface area contributed by atoms with Crippen LogP contribution >= 0.6 is 0 Å². The van der Waals surface area contributed by atoms with Crippen LogP contribution in [0, 0.1) is 24.0 Å². The first-order chi connectivity index (χ1) is 7.41. The number of amides is 1. The van der Waals surface area contributed by atoms with Crippen LogP contribution < -0.4 is 10.5 Å². The van der Waals surface area contributed by atoms with Gasteiger partial charge in [0.05, 0.1) is 4.92 Å². The lowest BCUT2D eigenvalue weighted by atomic mass is 10.1. The summed E-state index contributed by atoms with van der Waals surface area (Å²) in [4.78, 5) is 20.7. The average molecular weight is 224 g/mol. The molecule has 2 N–H and O–H groups in total. The van der Waals surface area contributed by atoms with E-state index in [0.717, 1.165) is 0 Å². The largest absolute Gasteiger partial charge is 0.483 e. The Morgan fingerprint density at radius 3 is 2.56 bits per heavy atom. The topological polar surface area (TPSA) is 95.5 Å². The minimum absolute atomic E-state index is 0.0314. The maximum atomic E-state index is 10.6. The van der Waals surface area contributed by atoms with E-state index in [1.165, 1.54) is 12.1 Å².